The molecule has 3 aliphatic rings. The maximum absolute atomic E-state index is 14.1. The van der Waals surface area contributed by atoms with Gasteiger partial charge >= 0.3 is 0 Å². The molecule has 3 aliphatic heterocycles. The summed E-state index contributed by atoms with van der Waals surface area (Å²) in [7, 11) is 0. The van der Waals surface area contributed by atoms with Crippen LogP contribution < -0.4 is 10.6 Å². The summed E-state index contributed by atoms with van der Waals surface area (Å²) in [4.78, 5) is 42.6. The monoisotopic (exact) mass is 465 g/mol. The number of rotatable bonds is 12. The molecule has 8 heteroatoms. The van der Waals surface area contributed by atoms with Crippen molar-refractivity contribution in [2.24, 2.45) is 17.8 Å². The fourth-order valence-corrected chi connectivity index (χ4v) is 6.37. The van der Waals surface area contributed by atoms with Crippen molar-refractivity contribution in [3.63, 3.8) is 0 Å². The third-order valence-corrected chi connectivity index (χ3v) is 8.37. The Balaban J connectivity index is 2.07. The molecule has 188 valence electrons. The van der Waals surface area contributed by atoms with Gasteiger partial charge in [-0.2, -0.15) is 0 Å². The predicted octanol–water partition coefficient (Wildman–Crippen LogP) is 1.99. The fraction of sp³-hybridized carbons (Fsp3) is 0.880. The van der Waals surface area contributed by atoms with Gasteiger partial charge in [0.15, 0.2) is 0 Å². The second kappa shape index (κ2) is 10.3. The Morgan fingerprint density at radius 1 is 1.12 bits per heavy atom. The SMILES string of the molecule is CCCCNC(=O)C1N([C@@H](CO)[C@@H](C)CC)C(=O)[C@@H]2[C@H](C(=O)NCCC)[C@]3(CC)CCC12O3. The zero-order chi connectivity index (χ0) is 24.4. The van der Waals surface area contributed by atoms with Crippen LogP contribution in [0.3, 0.4) is 0 Å². The Hall–Kier alpha value is -1.67. The van der Waals surface area contributed by atoms with Gasteiger partial charge in [0.1, 0.15) is 11.6 Å². The number of ether oxygens (including phenoxy) is 1. The summed E-state index contributed by atoms with van der Waals surface area (Å²) >= 11 is 0. The summed E-state index contributed by atoms with van der Waals surface area (Å²) in [6.07, 6.45) is 5.19. The highest BCUT2D eigenvalue weighted by atomic mass is 16.5. The van der Waals surface area contributed by atoms with Gasteiger partial charge in [0.25, 0.3) is 0 Å². The first-order valence-electron chi connectivity index (χ1n) is 13.0. The van der Waals surface area contributed by atoms with E-state index in [0.29, 0.717) is 32.4 Å². The Kier molecular flexibility index (Phi) is 8.10. The lowest BCUT2D eigenvalue weighted by molar-refractivity contribution is -0.152. The molecule has 0 saturated carbocycles. The number of amides is 3. The summed E-state index contributed by atoms with van der Waals surface area (Å²) < 4.78 is 6.72. The molecule has 0 aromatic rings. The number of hydrogen-bond donors (Lipinski definition) is 3. The quantitative estimate of drug-likeness (QED) is 0.382. The highest BCUT2D eigenvalue weighted by Crippen LogP contribution is 2.64. The van der Waals surface area contributed by atoms with Crippen molar-refractivity contribution in [2.75, 3.05) is 19.7 Å². The van der Waals surface area contributed by atoms with Crippen molar-refractivity contribution >= 4 is 17.7 Å². The van der Waals surface area contributed by atoms with Crippen LogP contribution in [0.2, 0.25) is 0 Å². The van der Waals surface area contributed by atoms with Crippen LogP contribution in [-0.2, 0) is 19.1 Å². The van der Waals surface area contributed by atoms with Gasteiger partial charge in [-0.15, -0.1) is 0 Å². The number of aliphatic hydroxyl groups is 1. The van der Waals surface area contributed by atoms with Crippen LogP contribution in [0, 0.1) is 17.8 Å². The first kappa shape index (κ1) is 25.9. The number of carbonyl (C=O) groups is 3. The zero-order valence-corrected chi connectivity index (χ0v) is 21.0. The summed E-state index contributed by atoms with van der Waals surface area (Å²) in [5.41, 5.74) is -1.75. The molecule has 0 radical (unpaired) electrons. The first-order valence-corrected chi connectivity index (χ1v) is 13.0. The van der Waals surface area contributed by atoms with Crippen molar-refractivity contribution in [2.45, 2.75) is 103 Å². The maximum Gasteiger partial charge on any atom is 0.245 e. The Morgan fingerprint density at radius 2 is 1.82 bits per heavy atom. The minimum Gasteiger partial charge on any atom is -0.394 e. The predicted molar refractivity (Wildman–Crippen MR) is 125 cm³/mol. The van der Waals surface area contributed by atoms with Gasteiger partial charge in [0.2, 0.25) is 17.7 Å². The van der Waals surface area contributed by atoms with Gasteiger partial charge < -0.3 is 25.4 Å². The third-order valence-electron chi connectivity index (χ3n) is 8.37. The molecule has 3 rings (SSSR count). The second-order valence-electron chi connectivity index (χ2n) is 10.1. The molecule has 3 heterocycles. The molecule has 33 heavy (non-hydrogen) atoms. The molecule has 2 unspecified atom stereocenters. The van der Waals surface area contributed by atoms with Crippen molar-refractivity contribution in [1.29, 1.82) is 0 Å². The van der Waals surface area contributed by atoms with Gasteiger partial charge in [0, 0.05) is 13.1 Å². The van der Waals surface area contributed by atoms with Gasteiger partial charge in [-0.25, -0.2) is 0 Å². The number of carbonyl (C=O) groups excluding carboxylic acids is 3. The molecule has 7 atom stereocenters. The number of fused-ring (bicyclic) bond motifs is 1. The minimum absolute atomic E-state index is 0.00446. The van der Waals surface area contributed by atoms with E-state index in [1.54, 1.807) is 4.90 Å². The van der Waals surface area contributed by atoms with Crippen molar-refractivity contribution < 1.29 is 24.2 Å². The van der Waals surface area contributed by atoms with Crippen molar-refractivity contribution in [1.82, 2.24) is 15.5 Å². The average molecular weight is 466 g/mol. The summed E-state index contributed by atoms with van der Waals surface area (Å²) in [6.45, 7) is 10.9. The molecular formula is C25H43N3O5. The van der Waals surface area contributed by atoms with Gasteiger partial charge in [-0.1, -0.05) is 47.5 Å². The highest BCUT2D eigenvalue weighted by Gasteiger charge is 2.79. The highest BCUT2D eigenvalue weighted by molar-refractivity contribution is 5.99. The lowest BCUT2D eigenvalue weighted by Crippen LogP contribution is -2.59. The standard InChI is InChI=1S/C25H43N3O5/c1-6-10-14-27-22(31)20-25-12-11-24(9-4,33-25)18(21(30)26-13-7-2)19(25)23(32)28(20)17(15-29)16(5)8-3/h16-20,29H,6-15H2,1-5H3,(H,26,30)(H,27,31)/t16-,17-,18+,19-,20?,24-,25?/m0/s1. The molecule has 3 fully saturated rings. The first-order chi connectivity index (χ1) is 15.8. The summed E-state index contributed by atoms with van der Waals surface area (Å²) in [5, 5.41) is 16.3. The van der Waals surface area contributed by atoms with E-state index in [1.165, 1.54) is 0 Å². The lowest BCUT2D eigenvalue weighted by atomic mass is 9.65. The van der Waals surface area contributed by atoms with E-state index < -0.39 is 35.1 Å². The maximum atomic E-state index is 14.1. The summed E-state index contributed by atoms with van der Waals surface area (Å²) in [6, 6.07) is -1.33. The second-order valence-corrected chi connectivity index (χ2v) is 10.1. The number of likely N-dealkylation sites (tertiary alicyclic amines) is 1. The normalized spacial score (nSPS) is 34.3. The molecule has 3 N–H and O–H groups in total. The lowest BCUT2D eigenvalue weighted by Gasteiger charge is -2.39. The van der Waals surface area contributed by atoms with Crippen LogP contribution in [0.5, 0.6) is 0 Å². The van der Waals surface area contributed by atoms with E-state index in [2.05, 4.69) is 17.6 Å². The smallest absolute Gasteiger partial charge is 0.245 e. The van der Waals surface area contributed by atoms with E-state index >= 15 is 0 Å². The molecule has 0 aliphatic carbocycles. The number of nitrogens with zero attached hydrogens (tertiary/aromatic N) is 1. The van der Waals surface area contributed by atoms with Crippen LogP contribution in [-0.4, -0.2) is 70.7 Å². The van der Waals surface area contributed by atoms with Crippen molar-refractivity contribution in [3.8, 4) is 0 Å². The molecule has 0 aromatic heterocycles. The van der Waals surface area contributed by atoms with E-state index in [0.717, 1.165) is 25.7 Å². The fourth-order valence-electron chi connectivity index (χ4n) is 6.37. The van der Waals surface area contributed by atoms with Crippen LogP contribution in [0.15, 0.2) is 0 Å². The molecule has 3 amide bonds. The summed E-state index contributed by atoms with van der Waals surface area (Å²) in [5.74, 6) is -1.94. The number of unbranched alkanes of at least 4 members (excludes halogenated alkanes) is 1. The van der Waals surface area contributed by atoms with Crippen LogP contribution in [0.4, 0.5) is 0 Å². The molecule has 8 nitrogen and oxygen atoms in total. The van der Waals surface area contributed by atoms with E-state index in [1.807, 2.05) is 27.7 Å². The Morgan fingerprint density at radius 3 is 2.39 bits per heavy atom. The molecule has 2 bridgehead atoms. The van der Waals surface area contributed by atoms with Crippen LogP contribution in [0.25, 0.3) is 0 Å². The topological polar surface area (TPSA) is 108 Å². The van der Waals surface area contributed by atoms with Crippen LogP contribution in [0.1, 0.15) is 79.6 Å². The minimum atomic E-state index is -1.03. The third kappa shape index (κ3) is 4.07. The van der Waals surface area contributed by atoms with Gasteiger partial charge in [-0.05, 0) is 38.0 Å². The zero-order valence-electron chi connectivity index (χ0n) is 21.0. The molecular weight excluding hydrogens is 422 g/mol. The van der Waals surface area contributed by atoms with E-state index in [4.69, 9.17) is 4.74 Å². The van der Waals surface area contributed by atoms with E-state index in [-0.39, 0.29) is 30.2 Å². The van der Waals surface area contributed by atoms with Gasteiger partial charge in [0.05, 0.1) is 30.1 Å². The Labute approximate surface area is 198 Å². The van der Waals surface area contributed by atoms with Gasteiger partial charge in [-0.3, -0.25) is 14.4 Å². The van der Waals surface area contributed by atoms with Crippen LogP contribution >= 0.6 is 0 Å². The number of hydrogen-bond acceptors (Lipinski definition) is 5. The number of nitrogens with one attached hydrogen (secondary N) is 2. The average Bonchev–Trinajstić information content (AvgIpc) is 3.42. The molecule has 1 spiro atoms. The molecule has 0 aromatic carbocycles. The Bertz CT molecular complexity index is 746. The number of aliphatic hydroxyl groups excluding tert-OH is 1. The largest absolute Gasteiger partial charge is 0.394 e. The molecule has 3 saturated heterocycles. The van der Waals surface area contributed by atoms with Crippen molar-refractivity contribution in [3.05, 3.63) is 0 Å². The van der Waals surface area contributed by atoms with E-state index in [9.17, 15) is 19.5 Å².